The van der Waals surface area contributed by atoms with E-state index in [1.807, 2.05) is 59.7 Å². The predicted octanol–water partition coefficient (Wildman–Crippen LogP) is 4.47. The fraction of sp³-hybridized carbons (Fsp3) is 0.467. The maximum absolute atomic E-state index is 5.69. The number of benzene rings is 1. The van der Waals surface area contributed by atoms with Crippen LogP contribution >= 0.6 is 0 Å². The van der Waals surface area contributed by atoms with Gasteiger partial charge >= 0.3 is 0 Å². The lowest BCUT2D eigenvalue weighted by molar-refractivity contribution is 0.421. The average molecular weight is 235 g/mol. The first-order chi connectivity index (χ1) is 8.27. The monoisotopic (exact) mass is 235 g/mol. The second-order valence-corrected chi connectivity index (χ2v) is 3.24. The molecule has 0 spiro atoms. The van der Waals surface area contributed by atoms with Crippen molar-refractivity contribution in [2.24, 2.45) is 0 Å². The Kier molecular flexibility index (Phi) is 7.95. The van der Waals surface area contributed by atoms with Crippen LogP contribution in [0.2, 0.25) is 0 Å². The van der Waals surface area contributed by atoms with Gasteiger partial charge in [0.25, 0.3) is 0 Å². The van der Waals surface area contributed by atoms with Crippen molar-refractivity contribution in [3.05, 3.63) is 41.3 Å². The Morgan fingerprint density at radius 1 is 1.00 bits per heavy atom. The van der Waals surface area contributed by atoms with Crippen LogP contribution in [-0.2, 0) is 6.54 Å². The van der Waals surface area contributed by atoms with Crippen LogP contribution in [0.25, 0.3) is 0 Å². The molecule has 0 radical (unpaired) electrons. The Morgan fingerprint density at radius 2 is 1.59 bits per heavy atom. The van der Waals surface area contributed by atoms with Crippen molar-refractivity contribution < 1.29 is 4.74 Å². The third-order valence-electron chi connectivity index (χ3n) is 2.31. The molecule has 1 aromatic carbocycles. The Morgan fingerprint density at radius 3 is 2.24 bits per heavy atom. The Labute approximate surface area is 106 Å². The van der Waals surface area contributed by atoms with Crippen molar-refractivity contribution in [3.63, 3.8) is 0 Å². The zero-order chi connectivity index (χ0) is 13.3. The molecule has 0 amide bonds. The highest BCUT2D eigenvalue weighted by Gasteiger charge is 2.09. The highest BCUT2D eigenvalue weighted by Crippen LogP contribution is 2.23. The van der Waals surface area contributed by atoms with Gasteiger partial charge < -0.3 is 10.1 Å². The van der Waals surface area contributed by atoms with Gasteiger partial charge in [-0.2, -0.15) is 0 Å². The molecule has 0 saturated carbocycles. The van der Waals surface area contributed by atoms with E-state index in [1.165, 1.54) is 5.56 Å². The van der Waals surface area contributed by atoms with E-state index in [1.54, 1.807) is 0 Å². The quantitative estimate of drug-likeness (QED) is 0.716. The summed E-state index contributed by atoms with van der Waals surface area (Å²) in [7, 11) is 0. The number of nitrogens with one attached hydrogen (secondary N) is 1. The van der Waals surface area contributed by atoms with E-state index >= 15 is 0 Å². The number of allylic oxidation sites excluding steroid dienone is 2. The minimum Gasteiger partial charge on any atom is -0.460 e. The summed E-state index contributed by atoms with van der Waals surface area (Å²) in [5.41, 5.74) is 2.31. The molecular formula is C15H25NO. The maximum Gasteiger partial charge on any atom is 0.131 e. The third kappa shape index (κ3) is 4.51. The zero-order valence-corrected chi connectivity index (χ0v) is 11.9. The number of hydrogen-bond acceptors (Lipinski definition) is 2. The van der Waals surface area contributed by atoms with E-state index in [2.05, 4.69) is 11.4 Å². The van der Waals surface area contributed by atoms with Gasteiger partial charge in [-0.3, -0.25) is 0 Å². The molecule has 17 heavy (non-hydrogen) atoms. The summed E-state index contributed by atoms with van der Waals surface area (Å²) in [4.78, 5) is 0. The first-order valence-electron chi connectivity index (χ1n) is 6.44. The summed E-state index contributed by atoms with van der Waals surface area (Å²) in [5.74, 6) is 1.91. The summed E-state index contributed by atoms with van der Waals surface area (Å²) < 4.78 is 5.69. The zero-order valence-electron chi connectivity index (χ0n) is 11.9. The van der Waals surface area contributed by atoms with Crippen LogP contribution in [0.5, 0.6) is 5.75 Å². The smallest absolute Gasteiger partial charge is 0.131 e. The van der Waals surface area contributed by atoms with Crippen molar-refractivity contribution in [1.29, 1.82) is 0 Å². The summed E-state index contributed by atoms with van der Waals surface area (Å²) in [6.45, 7) is 12.9. The van der Waals surface area contributed by atoms with Crippen LogP contribution in [0.3, 0.4) is 0 Å². The van der Waals surface area contributed by atoms with Crippen LogP contribution < -0.4 is 10.1 Å². The topological polar surface area (TPSA) is 21.3 Å². The average Bonchev–Trinajstić information content (AvgIpc) is 2.55. The summed E-state index contributed by atoms with van der Waals surface area (Å²) in [5, 5.41) is 3.31. The van der Waals surface area contributed by atoms with E-state index in [0.29, 0.717) is 0 Å². The van der Waals surface area contributed by atoms with Gasteiger partial charge in [0.2, 0.25) is 0 Å². The summed E-state index contributed by atoms with van der Waals surface area (Å²) in [6.07, 6.45) is 0. The van der Waals surface area contributed by atoms with Crippen LogP contribution in [0.1, 0.15) is 47.1 Å². The van der Waals surface area contributed by atoms with Gasteiger partial charge in [0.15, 0.2) is 0 Å². The SMILES string of the molecule is CC.CC.CC1=C(C)Oc2ccccc2CN1. The molecule has 1 aliphatic heterocycles. The van der Waals surface area contributed by atoms with Crippen molar-refractivity contribution in [2.75, 3.05) is 0 Å². The summed E-state index contributed by atoms with van der Waals surface area (Å²) >= 11 is 0. The Balaban J connectivity index is 0.000000581. The van der Waals surface area contributed by atoms with E-state index in [-0.39, 0.29) is 0 Å². The normalized spacial score (nSPS) is 12.6. The summed E-state index contributed by atoms with van der Waals surface area (Å²) in [6, 6.07) is 8.10. The number of hydrogen-bond donors (Lipinski definition) is 1. The van der Waals surface area contributed by atoms with Gasteiger partial charge in [-0.25, -0.2) is 0 Å². The van der Waals surface area contributed by atoms with E-state index < -0.39 is 0 Å². The van der Waals surface area contributed by atoms with Gasteiger partial charge in [0.1, 0.15) is 11.5 Å². The molecular weight excluding hydrogens is 210 g/mol. The number of para-hydroxylation sites is 1. The number of fused-ring (bicyclic) bond motifs is 1. The van der Waals surface area contributed by atoms with Crippen molar-refractivity contribution in [2.45, 2.75) is 48.1 Å². The molecule has 1 aliphatic rings. The molecule has 0 bridgehead atoms. The molecule has 0 atom stereocenters. The molecule has 1 aromatic rings. The molecule has 96 valence electrons. The van der Waals surface area contributed by atoms with Gasteiger partial charge in [0.05, 0.1) is 0 Å². The Bertz CT molecular complexity index is 356. The highest BCUT2D eigenvalue weighted by molar-refractivity contribution is 5.36. The molecule has 2 rings (SSSR count). The highest BCUT2D eigenvalue weighted by atomic mass is 16.5. The molecule has 0 aliphatic carbocycles. The van der Waals surface area contributed by atoms with E-state index in [9.17, 15) is 0 Å². The second-order valence-electron chi connectivity index (χ2n) is 3.24. The molecule has 2 heteroatoms. The molecule has 0 aromatic heterocycles. The van der Waals surface area contributed by atoms with Gasteiger partial charge in [-0.1, -0.05) is 45.9 Å². The van der Waals surface area contributed by atoms with Crippen LogP contribution in [0.15, 0.2) is 35.7 Å². The van der Waals surface area contributed by atoms with Crippen molar-refractivity contribution in [3.8, 4) is 5.75 Å². The minimum atomic E-state index is 0.847. The van der Waals surface area contributed by atoms with Gasteiger partial charge in [-0.15, -0.1) is 0 Å². The first kappa shape index (κ1) is 15.6. The largest absolute Gasteiger partial charge is 0.460 e. The molecule has 2 nitrogen and oxygen atoms in total. The van der Waals surface area contributed by atoms with Gasteiger partial charge in [-0.05, 0) is 19.9 Å². The van der Waals surface area contributed by atoms with Crippen molar-refractivity contribution >= 4 is 0 Å². The van der Waals surface area contributed by atoms with Crippen LogP contribution in [-0.4, -0.2) is 0 Å². The van der Waals surface area contributed by atoms with Crippen LogP contribution in [0.4, 0.5) is 0 Å². The lowest BCUT2D eigenvalue weighted by atomic mass is 10.2. The maximum atomic E-state index is 5.69. The fourth-order valence-electron chi connectivity index (χ4n) is 1.34. The van der Waals surface area contributed by atoms with Crippen LogP contribution in [0, 0.1) is 0 Å². The second kappa shape index (κ2) is 8.68. The van der Waals surface area contributed by atoms with Gasteiger partial charge in [0, 0.05) is 17.8 Å². The third-order valence-corrected chi connectivity index (χ3v) is 2.31. The lowest BCUT2D eigenvalue weighted by Gasteiger charge is -2.06. The predicted molar refractivity (Wildman–Crippen MR) is 75.0 cm³/mol. The molecule has 0 unspecified atom stereocenters. The minimum absolute atomic E-state index is 0.847. The lowest BCUT2D eigenvalue weighted by Crippen LogP contribution is -2.09. The van der Waals surface area contributed by atoms with E-state index in [4.69, 9.17) is 4.74 Å². The van der Waals surface area contributed by atoms with E-state index in [0.717, 1.165) is 23.8 Å². The molecule has 0 saturated heterocycles. The standard InChI is InChI=1S/C11H13NO.2C2H6/c1-8-9(2)13-11-6-4-3-5-10(11)7-12-8;2*1-2/h3-6,12H,7H2,1-2H3;2*1-2H3. The molecule has 0 fully saturated rings. The first-order valence-corrected chi connectivity index (χ1v) is 6.44. The van der Waals surface area contributed by atoms with Crippen molar-refractivity contribution in [1.82, 2.24) is 5.32 Å². The fourth-order valence-corrected chi connectivity index (χ4v) is 1.34. The Hall–Kier alpha value is -1.44. The number of ether oxygens (including phenoxy) is 1. The molecule has 1 N–H and O–H groups in total. The number of rotatable bonds is 0. The molecule has 1 heterocycles.